The van der Waals surface area contributed by atoms with E-state index in [0.717, 1.165) is 17.0 Å². The first kappa shape index (κ1) is 22.0. The molecule has 0 aliphatic rings. The maximum absolute atomic E-state index is 10.3. The molecular formula is C18H22NNaO4S. The van der Waals surface area contributed by atoms with Crippen molar-refractivity contribution in [3.63, 3.8) is 0 Å². The summed E-state index contributed by atoms with van der Waals surface area (Å²) in [5.41, 5.74) is 1.88. The van der Waals surface area contributed by atoms with Crippen molar-refractivity contribution in [2.24, 2.45) is 0 Å². The van der Waals surface area contributed by atoms with Crippen molar-refractivity contribution >= 4 is 17.7 Å². The Kier molecular flexibility index (Phi) is 10.8. The summed E-state index contributed by atoms with van der Waals surface area (Å²) >= 11 is 1.36. The van der Waals surface area contributed by atoms with Crippen molar-refractivity contribution in [3.8, 4) is 11.5 Å². The number of oxazole rings is 1. The molecular weight excluding hydrogens is 349 g/mol. The van der Waals surface area contributed by atoms with Crippen LogP contribution in [0.4, 0.5) is 0 Å². The molecule has 130 valence electrons. The molecule has 2 aromatic rings. The number of nitrogens with zero attached hydrogens (tertiary/aromatic N) is 1. The molecule has 0 bridgehead atoms. The fourth-order valence-electron chi connectivity index (χ4n) is 2.03. The third kappa shape index (κ3) is 8.25. The molecule has 0 saturated heterocycles. The van der Waals surface area contributed by atoms with E-state index in [9.17, 15) is 4.79 Å². The molecule has 0 unspecified atom stereocenters. The monoisotopic (exact) mass is 371 g/mol. The summed E-state index contributed by atoms with van der Waals surface area (Å²) in [6.07, 6.45) is 4.52. The number of hydrogen-bond donors (Lipinski definition) is 1. The van der Waals surface area contributed by atoms with E-state index in [1.54, 1.807) is 0 Å². The minimum atomic E-state index is -0.789. The van der Waals surface area contributed by atoms with Gasteiger partial charge in [0.05, 0.1) is 24.7 Å². The van der Waals surface area contributed by atoms with Crippen molar-refractivity contribution < 1.29 is 50.0 Å². The second kappa shape index (κ2) is 12.3. The van der Waals surface area contributed by atoms with Gasteiger partial charge in [-0.1, -0.05) is 30.4 Å². The Morgan fingerprint density at radius 3 is 2.84 bits per heavy atom. The van der Waals surface area contributed by atoms with Crippen LogP contribution < -0.4 is 29.6 Å². The van der Waals surface area contributed by atoms with Crippen molar-refractivity contribution in [2.75, 3.05) is 24.7 Å². The zero-order valence-corrected chi connectivity index (χ0v) is 17.4. The number of benzene rings is 1. The van der Waals surface area contributed by atoms with E-state index in [1.807, 2.05) is 49.4 Å². The van der Waals surface area contributed by atoms with Gasteiger partial charge in [0.2, 0.25) is 5.89 Å². The molecule has 0 amide bonds. The summed E-state index contributed by atoms with van der Waals surface area (Å²) in [4.78, 5) is 14.9. The average molecular weight is 371 g/mol. The van der Waals surface area contributed by atoms with Crippen LogP contribution >= 0.6 is 11.8 Å². The van der Waals surface area contributed by atoms with Gasteiger partial charge in [-0.2, -0.15) is 0 Å². The molecule has 0 atom stereocenters. The minimum absolute atomic E-state index is 0. The molecule has 7 heteroatoms. The molecule has 1 N–H and O–H groups in total. The van der Waals surface area contributed by atoms with E-state index >= 15 is 0 Å². The average Bonchev–Trinajstić information content (AvgIpc) is 2.95. The first-order valence-corrected chi connectivity index (χ1v) is 8.86. The Morgan fingerprint density at radius 2 is 2.12 bits per heavy atom. The third-order valence-electron chi connectivity index (χ3n) is 3.22. The van der Waals surface area contributed by atoms with Gasteiger partial charge in [-0.15, -0.1) is 11.8 Å². The van der Waals surface area contributed by atoms with Gasteiger partial charge >= 0.3 is 35.5 Å². The molecule has 0 saturated carbocycles. The molecule has 0 radical (unpaired) electrons. The number of aliphatic carboxylic acids is 1. The number of ether oxygens (including phenoxy) is 1. The Labute approximate surface area is 175 Å². The summed E-state index contributed by atoms with van der Waals surface area (Å²) in [6.45, 7) is 2.98. The summed E-state index contributed by atoms with van der Waals surface area (Å²) in [5.74, 6) is 1.47. The van der Waals surface area contributed by atoms with Crippen molar-refractivity contribution in [2.45, 2.75) is 13.3 Å². The zero-order valence-electron chi connectivity index (χ0n) is 15.6. The van der Waals surface area contributed by atoms with Crippen LogP contribution in [0, 0.1) is 6.92 Å². The molecule has 2 rings (SSSR count). The number of carboxylic acid groups (broad SMARTS) is 1. The van der Waals surface area contributed by atoms with Crippen LogP contribution in [0.15, 0.2) is 46.9 Å². The number of hydrogen-bond acceptors (Lipinski definition) is 5. The van der Waals surface area contributed by atoms with Crippen LogP contribution in [0.25, 0.3) is 11.5 Å². The Morgan fingerprint density at radius 1 is 1.36 bits per heavy atom. The van der Waals surface area contributed by atoms with Crippen molar-refractivity contribution in [3.05, 3.63) is 53.9 Å². The van der Waals surface area contributed by atoms with Gasteiger partial charge in [0, 0.05) is 17.7 Å². The Balaban J connectivity index is 0.00000312. The molecule has 5 nitrogen and oxygen atoms in total. The first-order valence-electron chi connectivity index (χ1n) is 7.71. The number of rotatable bonds is 10. The summed E-state index contributed by atoms with van der Waals surface area (Å²) in [5, 5.41) is 8.51. The number of carboxylic acids is 1. The number of aromatic nitrogens is 1. The number of aryl methyl sites for hydroxylation is 1. The molecule has 1 aromatic heterocycles. The maximum atomic E-state index is 10.3. The SMILES string of the molecule is Cc1oc(-c2ccccc2)nc1CCOC/C=C/CSCC(=O)O.[H-].[Na+]. The number of thioether (sulfide) groups is 1. The first-order chi connectivity index (χ1) is 11.7. The van der Waals surface area contributed by atoms with E-state index in [2.05, 4.69) is 4.98 Å². The molecule has 0 fully saturated rings. The van der Waals surface area contributed by atoms with Gasteiger partial charge in [-0.05, 0) is 19.1 Å². The van der Waals surface area contributed by atoms with Gasteiger partial charge in [0.15, 0.2) is 0 Å². The fourth-order valence-corrected chi connectivity index (χ4v) is 2.60. The van der Waals surface area contributed by atoms with E-state index in [0.29, 0.717) is 31.3 Å². The van der Waals surface area contributed by atoms with Gasteiger partial charge in [0.1, 0.15) is 5.76 Å². The van der Waals surface area contributed by atoms with Gasteiger partial charge in [0.25, 0.3) is 0 Å². The topological polar surface area (TPSA) is 72.6 Å². The Bertz CT molecular complexity index is 679. The van der Waals surface area contributed by atoms with Crippen LogP contribution in [0.2, 0.25) is 0 Å². The van der Waals surface area contributed by atoms with Crippen molar-refractivity contribution in [1.82, 2.24) is 4.98 Å². The molecule has 0 aliphatic heterocycles. The third-order valence-corrected chi connectivity index (χ3v) is 4.10. The van der Waals surface area contributed by atoms with Crippen LogP contribution in [0.3, 0.4) is 0 Å². The predicted octanol–water partition coefficient (Wildman–Crippen LogP) is 0.700. The zero-order chi connectivity index (χ0) is 17.2. The van der Waals surface area contributed by atoms with E-state index < -0.39 is 5.97 Å². The van der Waals surface area contributed by atoms with E-state index in [4.69, 9.17) is 14.3 Å². The van der Waals surface area contributed by atoms with Crippen LogP contribution in [-0.2, 0) is 16.0 Å². The fraction of sp³-hybridized carbons (Fsp3) is 0.333. The predicted molar refractivity (Wildman–Crippen MR) is 96.4 cm³/mol. The van der Waals surface area contributed by atoms with Gasteiger partial charge < -0.3 is 15.7 Å². The maximum Gasteiger partial charge on any atom is 1.00 e. The second-order valence-corrected chi connectivity index (χ2v) is 6.12. The minimum Gasteiger partial charge on any atom is -1.00 e. The normalized spacial score (nSPS) is 10.8. The van der Waals surface area contributed by atoms with Gasteiger partial charge in [-0.25, -0.2) is 4.98 Å². The van der Waals surface area contributed by atoms with E-state index in [-0.39, 0.29) is 36.7 Å². The molecule has 1 heterocycles. The molecule has 1 aromatic carbocycles. The molecule has 0 aliphatic carbocycles. The van der Waals surface area contributed by atoms with E-state index in [1.165, 1.54) is 11.8 Å². The summed E-state index contributed by atoms with van der Waals surface area (Å²) in [7, 11) is 0. The molecule has 25 heavy (non-hydrogen) atoms. The van der Waals surface area contributed by atoms with Gasteiger partial charge in [-0.3, -0.25) is 4.79 Å². The quantitative estimate of drug-likeness (QED) is 0.377. The second-order valence-electron chi connectivity index (χ2n) is 5.09. The molecule has 0 spiro atoms. The van der Waals surface area contributed by atoms with Crippen LogP contribution in [-0.4, -0.2) is 40.8 Å². The smallest absolute Gasteiger partial charge is 1.00 e. The summed E-state index contributed by atoms with van der Waals surface area (Å²) in [6, 6.07) is 9.82. The van der Waals surface area contributed by atoms with Crippen molar-refractivity contribution in [1.29, 1.82) is 0 Å². The Hall–Kier alpha value is -1.05. The largest absolute Gasteiger partial charge is 1.00 e. The van der Waals surface area contributed by atoms with Crippen LogP contribution in [0.5, 0.6) is 0 Å². The summed E-state index contributed by atoms with van der Waals surface area (Å²) < 4.78 is 11.3. The number of carbonyl (C=O) groups is 1. The van der Waals surface area contributed by atoms with Crippen LogP contribution in [0.1, 0.15) is 12.9 Å². The standard InChI is InChI=1S/C18H21NO4S.Na.H/c1-14-16(19-18(23-14)15-7-3-2-4-8-15)9-11-22-10-5-6-12-24-13-17(20)21;;/h2-8H,9-13H2,1H3,(H,20,21);;/q;+1;-1/b6-5+;;.